The zero-order valence-electron chi connectivity index (χ0n) is 10.0. The predicted octanol–water partition coefficient (Wildman–Crippen LogP) is 3.64. The van der Waals surface area contributed by atoms with E-state index in [0.29, 0.717) is 33.7 Å². The molecule has 1 aromatic carbocycles. The van der Waals surface area contributed by atoms with Crippen LogP contribution in [0.15, 0.2) is 41.1 Å². The van der Waals surface area contributed by atoms with Crippen LogP contribution in [0.2, 0.25) is 5.02 Å². The monoisotopic (exact) mass is 398 g/mol. The van der Waals surface area contributed by atoms with Gasteiger partial charge in [0.15, 0.2) is 0 Å². The summed E-state index contributed by atoms with van der Waals surface area (Å²) in [5.74, 6) is 0.682. The van der Waals surface area contributed by atoms with E-state index in [-0.39, 0.29) is 0 Å². The summed E-state index contributed by atoms with van der Waals surface area (Å²) < 4.78 is 6.28. The summed E-state index contributed by atoms with van der Waals surface area (Å²) in [5, 5.41) is 4.37. The van der Waals surface area contributed by atoms with Crippen LogP contribution in [0.1, 0.15) is 0 Å². The lowest BCUT2D eigenvalue weighted by Crippen LogP contribution is -1.91. The van der Waals surface area contributed by atoms with Crippen LogP contribution in [0.25, 0.3) is 23.0 Å². The molecule has 7 heteroatoms. The van der Waals surface area contributed by atoms with Crippen LogP contribution in [-0.2, 0) is 0 Å². The number of nitrogens with zero attached hydrogens (tertiary/aromatic N) is 3. The number of nitrogens with two attached hydrogens (primary N) is 1. The van der Waals surface area contributed by atoms with Gasteiger partial charge in [0.25, 0.3) is 5.89 Å². The van der Waals surface area contributed by atoms with E-state index in [1.54, 1.807) is 24.4 Å². The van der Waals surface area contributed by atoms with Gasteiger partial charge in [0.05, 0.1) is 10.6 Å². The number of nitrogen functional groups attached to an aromatic ring is 1. The summed E-state index contributed by atoms with van der Waals surface area (Å²) in [5.41, 5.74) is 7.68. The lowest BCUT2D eigenvalue weighted by molar-refractivity contribution is 0.432. The van der Waals surface area contributed by atoms with Gasteiger partial charge in [-0.05, 0) is 52.9 Å². The molecule has 0 aliphatic rings. The Morgan fingerprint density at radius 1 is 1.25 bits per heavy atom. The molecule has 2 N–H and O–H groups in total. The van der Waals surface area contributed by atoms with Crippen molar-refractivity contribution in [2.24, 2.45) is 0 Å². The lowest BCUT2D eigenvalue weighted by Gasteiger charge is -2.00. The first-order valence-electron chi connectivity index (χ1n) is 5.65. The molecule has 2 aromatic heterocycles. The minimum absolute atomic E-state index is 0.337. The van der Waals surface area contributed by atoms with Crippen molar-refractivity contribution in [2.45, 2.75) is 0 Å². The van der Waals surface area contributed by atoms with Crippen LogP contribution in [0.3, 0.4) is 0 Å². The van der Waals surface area contributed by atoms with E-state index < -0.39 is 0 Å². The molecule has 0 aliphatic heterocycles. The number of pyridine rings is 1. The van der Waals surface area contributed by atoms with Gasteiger partial charge in [0.2, 0.25) is 5.82 Å². The van der Waals surface area contributed by atoms with Crippen LogP contribution in [0, 0.1) is 3.57 Å². The first kappa shape index (κ1) is 13.3. The fourth-order valence-electron chi connectivity index (χ4n) is 1.69. The molecule has 0 fully saturated rings. The van der Waals surface area contributed by atoms with Gasteiger partial charge < -0.3 is 10.3 Å². The third-order valence-electron chi connectivity index (χ3n) is 2.64. The second-order valence-corrected chi connectivity index (χ2v) is 5.64. The standard InChI is InChI=1S/C13H8ClIN4O/c14-9-2-1-5-17-11(9)12-18-13(20-19-12)8-6-7(15)3-4-10(8)16/h1-6H,16H2. The largest absolute Gasteiger partial charge is 0.398 e. The third kappa shape index (κ3) is 2.48. The highest BCUT2D eigenvalue weighted by Gasteiger charge is 2.16. The van der Waals surface area contributed by atoms with Crippen molar-refractivity contribution in [2.75, 3.05) is 5.73 Å². The van der Waals surface area contributed by atoms with Gasteiger partial charge in [-0.1, -0.05) is 16.8 Å². The van der Waals surface area contributed by atoms with E-state index in [2.05, 4.69) is 37.7 Å². The number of hydrogen-bond donors (Lipinski definition) is 1. The highest BCUT2D eigenvalue weighted by atomic mass is 127. The maximum atomic E-state index is 6.06. The zero-order chi connectivity index (χ0) is 14.1. The zero-order valence-corrected chi connectivity index (χ0v) is 13.0. The Morgan fingerprint density at radius 2 is 2.10 bits per heavy atom. The van der Waals surface area contributed by atoms with E-state index in [9.17, 15) is 0 Å². The average molecular weight is 399 g/mol. The topological polar surface area (TPSA) is 77.8 Å². The first-order valence-corrected chi connectivity index (χ1v) is 7.11. The maximum absolute atomic E-state index is 6.06. The van der Waals surface area contributed by atoms with Crippen LogP contribution >= 0.6 is 34.2 Å². The number of halogens is 2. The van der Waals surface area contributed by atoms with Crippen molar-refractivity contribution >= 4 is 39.9 Å². The molecule has 20 heavy (non-hydrogen) atoms. The second kappa shape index (κ2) is 5.37. The molecule has 0 saturated heterocycles. The summed E-state index contributed by atoms with van der Waals surface area (Å²) in [6.45, 7) is 0. The maximum Gasteiger partial charge on any atom is 0.260 e. The Hall–Kier alpha value is -1.67. The lowest BCUT2D eigenvalue weighted by atomic mass is 10.2. The Kier molecular flexibility index (Phi) is 3.58. The van der Waals surface area contributed by atoms with Gasteiger partial charge in [0, 0.05) is 15.5 Å². The van der Waals surface area contributed by atoms with Crippen LogP contribution in [0.5, 0.6) is 0 Å². The first-order chi connectivity index (χ1) is 9.65. The molecule has 0 radical (unpaired) electrons. The Labute approximate surface area is 133 Å². The van der Waals surface area contributed by atoms with Gasteiger partial charge in [-0.2, -0.15) is 4.98 Å². The molecular weight excluding hydrogens is 391 g/mol. The summed E-state index contributed by atoms with van der Waals surface area (Å²) >= 11 is 8.25. The number of hydrogen-bond acceptors (Lipinski definition) is 5. The van der Waals surface area contributed by atoms with Crippen molar-refractivity contribution in [1.29, 1.82) is 0 Å². The molecule has 0 saturated carbocycles. The van der Waals surface area contributed by atoms with Gasteiger partial charge in [-0.25, -0.2) is 0 Å². The molecule has 3 rings (SSSR count). The molecule has 0 unspecified atom stereocenters. The predicted molar refractivity (Wildman–Crippen MR) is 85.1 cm³/mol. The van der Waals surface area contributed by atoms with Crippen molar-refractivity contribution < 1.29 is 4.52 Å². The van der Waals surface area contributed by atoms with Crippen molar-refractivity contribution in [3.05, 3.63) is 45.1 Å². The fraction of sp³-hybridized carbons (Fsp3) is 0. The summed E-state index contributed by atoms with van der Waals surface area (Å²) in [6.07, 6.45) is 1.62. The molecule has 5 nitrogen and oxygen atoms in total. The minimum atomic E-state index is 0.337. The van der Waals surface area contributed by atoms with Gasteiger partial charge >= 0.3 is 0 Å². The summed E-state index contributed by atoms with van der Waals surface area (Å²) in [7, 11) is 0. The van der Waals surface area contributed by atoms with Gasteiger partial charge in [-0.3, -0.25) is 4.98 Å². The van der Waals surface area contributed by atoms with Crippen LogP contribution in [-0.4, -0.2) is 15.1 Å². The third-order valence-corrected chi connectivity index (χ3v) is 3.62. The molecule has 0 spiro atoms. The summed E-state index contributed by atoms with van der Waals surface area (Å²) in [4.78, 5) is 8.45. The molecular formula is C13H8ClIN4O. The molecule has 3 aromatic rings. The van der Waals surface area contributed by atoms with E-state index in [1.807, 2.05) is 12.1 Å². The molecule has 100 valence electrons. The van der Waals surface area contributed by atoms with Gasteiger partial charge in [0.1, 0.15) is 5.69 Å². The highest BCUT2D eigenvalue weighted by molar-refractivity contribution is 14.1. The quantitative estimate of drug-likeness (QED) is 0.527. The number of rotatable bonds is 2. The van der Waals surface area contributed by atoms with Crippen molar-refractivity contribution in [3.63, 3.8) is 0 Å². The van der Waals surface area contributed by atoms with Crippen LogP contribution < -0.4 is 5.73 Å². The number of aromatic nitrogens is 3. The van der Waals surface area contributed by atoms with E-state index >= 15 is 0 Å². The highest BCUT2D eigenvalue weighted by Crippen LogP contribution is 2.29. The number of anilines is 1. The van der Waals surface area contributed by atoms with Crippen molar-refractivity contribution in [1.82, 2.24) is 15.1 Å². The fourth-order valence-corrected chi connectivity index (χ4v) is 2.39. The molecule has 0 aliphatic carbocycles. The van der Waals surface area contributed by atoms with Gasteiger partial charge in [-0.15, -0.1) is 0 Å². The second-order valence-electron chi connectivity index (χ2n) is 3.99. The molecule has 0 amide bonds. The molecule has 0 bridgehead atoms. The SMILES string of the molecule is Nc1ccc(I)cc1-c1nc(-c2ncccc2Cl)no1. The van der Waals surface area contributed by atoms with E-state index in [0.717, 1.165) is 3.57 Å². The van der Waals surface area contributed by atoms with E-state index in [1.165, 1.54) is 0 Å². The number of benzene rings is 1. The molecule has 2 heterocycles. The molecule has 0 atom stereocenters. The minimum Gasteiger partial charge on any atom is -0.398 e. The van der Waals surface area contributed by atoms with Crippen LogP contribution in [0.4, 0.5) is 5.69 Å². The average Bonchev–Trinajstić information content (AvgIpc) is 2.91. The Balaban J connectivity index is 2.07. The smallest absolute Gasteiger partial charge is 0.260 e. The van der Waals surface area contributed by atoms with E-state index in [4.69, 9.17) is 21.9 Å². The normalized spacial score (nSPS) is 10.7. The summed E-state index contributed by atoms with van der Waals surface area (Å²) in [6, 6.07) is 9.05. The van der Waals surface area contributed by atoms with Crippen molar-refractivity contribution in [3.8, 4) is 23.0 Å². The Bertz CT molecular complexity index is 775. The Morgan fingerprint density at radius 3 is 2.90 bits per heavy atom.